The smallest absolute Gasteiger partial charge is 0.266 e. The summed E-state index contributed by atoms with van der Waals surface area (Å²) in [6.45, 7) is 9.75. The number of nitrogens with zero attached hydrogens (tertiary/aromatic N) is 5. The summed E-state index contributed by atoms with van der Waals surface area (Å²) in [6, 6.07) is 19.9. The monoisotopic (exact) mass is 667 g/mol. The number of rotatable bonds is 9. The Morgan fingerprint density at radius 3 is 2.56 bits per heavy atom. The average molecular weight is 668 g/mol. The van der Waals surface area contributed by atoms with E-state index < -0.39 is 31.6 Å². The molecule has 1 spiro atoms. The molecule has 1 aromatic heterocycles. The van der Waals surface area contributed by atoms with Gasteiger partial charge in [0.15, 0.2) is 11.4 Å². The van der Waals surface area contributed by atoms with E-state index >= 15 is 4.11 Å². The number of para-hydroxylation sites is 3. The summed E-state index contributed by atoms with van der Waals surface area (Å²) in [5.74, 6) is -0.0932. The van der Waals surface area contributed by atoms with Crippen molar-refractivity contribution in [3.63, 3.8) is 0 Å². The SMILES string of the molecule is C=CCN1C(=O)[C@]2(O[C@H](CCn3cc(CCO)nn3)[C@@H]([Si](C)(C)F)[C@@H]2C)c2cc(N3C(=O)c4ccccc4Oc4ccccc43)ccc21. The molecule has 3 aliphatic rings. The molecular formula is C36H38FN5O5Si. The molecule has 248 valence electrons. The second-order valence-corrected chi connectivity index (χ2v) is 16.9. The quantitative estimate of drug-likeness (QED) is 0.127. The zero-order valence-corrected chi connectivity index (χ0v) is 28.2. The van der Waals surface area contributed by atoms with Crippen LogP contribution in [0.3, 0.4) is 0 Å². The van der Waals surface area contributed by atoms with Crippen LogP contribution in [-0.2, 0) is 28.1 Å². The van der Waals surface area contributed by atoms with Gasteiger partial charge in [0.05, 0.1) is 28.7 Å². The predicted molar refractivity (Wildman–Crippen MR) is 182 cm³/mol. The third-order valence-corrected chi connectivity index (χ3v) is 12.2. The van der Waals surface area contributed by atoms with Crippen molar-refractivity contribution in [2.75, 3.05) is 23.0 Å². The predicted octanol–water partition coefficient (Wildman–Crippen LogP) is 6.30. The number of benzene rings is 3. The molecule has 3 aliphatic heterocycles. The highest BCUT2D eigenvalue weighted by atomic mass is 28.4. The van der Waals surface area contributed by atoms with E-state index in [9.17, 15) is 14.7 Å². The number of aliphatic hydroxyl groups is 1. The Kier molecular flexibility index (Phi) is 8.05. The van der Waals surface area contributed by atoms with Gasteiger partial charge in [-0.15, -0.1) is 11.7 Å². The highest BCUT2D eigenvalue weighted by Gasteiger charge is 2.66. The molecule has 0 bridgehead atoms. The van der Waals surface area contributed by atoms with Crippen molar-refractivity contribution in [3.05, 3.63) is 102 Å². The zero-order chi connectivity index (χ0) is 33.8. The standard InChI is InChI=1S/C36H38FN5O5Si/c1-5-18-41-28-15-14-25(42-29-11-7-9-13-31(29)46-30-12-8-6-10-26(30)34(42)44)21-27(28)36(35(41)45)23(2)33(48(3,4)37)32(47-36)16-19-40-22-24(17-20-43)38-39-40/h5-15,21-23,32-33,43H,1,16-20H2,2-4H3/t23-,32+,33-,36+/m0/s1. The summed E-state index contributed by atoms with van der Waals surface area (Å²) in [5.41, 5.74) is 1.41. The molecule has 7 rings (SSSR count). The zero-order valence-electron chi connectivity index (χ0n) is 27.2. The number of anilines is 3. The molecule has 3 aromatic carbocycles. The Morgan fingerprint density at radius 2 is 1.81 bits per heavy atom. The number of fused-ring (bicyclic) bond motifs is 4. The Hall–Kier alpha value is -4.65. The van der Waals surface area contributed by atoms with Crippen LogP contribution in [-0.4, -0.2) is 59.6 Å². The summed E-state index contributed by atoms with van der Waals surface area (Å²) in [7, 11) is -3.41. The largest absolute Gasteiger partial charge is 0.454 e. The van der Waals surface area contributed by atoms with Crippen LogP contribution in [0.4, 0.5) is 21.2 Å². The van der Waals surface area contributed by atoms with Gasteiger partial charge < -0.3 is 23.6 Å². The van der Waals surface area contributed by atoms with E-state index in [1.165, 1.54) is 0 Å². The van der Waals surface area contributed by atoms with E-state index in [1.807, 2.05) is 55.5 Å². The van der Waals surface area contributed by atoms with Crippen molar-refractivity contribution in [1.29, 1.82) is 0 Å². The van der Waals surface area contributed by atoms with Crippen molar-refractivity contribution < 1.29 is 28.3 Å². The lowest BCUT2D eigenvalue weighted by atomic mass is 9.82. The van der Waals surface area contributed by atoms with Crippen molar-refractivity contribution in [2.45, 2.75) is 56.7 Å². The number of aryl methyl sites for hydroxylation is 1. The minimum atomic E-state index is -3.41. The van der Waals surface area contributed by atoms with E-state index in [0.29, 0.717) is 64.8 Å². The molecule has 1 fully saturated rings. The molecule has 12 heteroatoms. The van der Waals surface area contributed by atoms with E-state index in [4.69, 9.17) is 9.47 Å². The molecule has 4 heterocycles. The van der Waals surface area contributed by atoms with Crippen molar-refractivity contribution in [1.82, 2.24) is 15.0 Å². The first-order chi connectivity index (χ1) is 23.1. The van der Waals surface area contributed by atoms with Crippen LogP contribution in [0.15, 0.2) is 85.6 Å². The van der Waals surface area contributed by atoms with Crippen LogP contribution >= 0.6 is 0 Å². The van der Waals surface area contributed by atoms with E-state index in [1.54, 1.807) is 58.0 Å². The number of carbonyl (C=O) groups excluding carboxylic acids is 2. The number of hydrogen-bond acceptors (Lipinski definition) is 7. The molecule has 0 aliphatic carbocycles. The molecule has 10 nitrogen and oxygen atoms in total. The summed E-state index contributed by atoms with van der Waals surface area (Å²) < 4.78 is 31.2. The molecule has 4 aromatic rings. The highest BCUT2D eigenvalue weighted by Crippen LogP contribution is 2.61. The Morgan fingerprint density at radius 1 is 1.06 bits per heavy atom. The fourth-order valence-corrected chi connectivity index (χ4v) is 10.3. The molecule has 0 unspecified atom stereocenters. The lowest BCUT2D eigenvalue weighted by Crippen LogP contribution is -2.45. The van der Waals surface area contributed by atoms with Gasteiger partial charge in [-0.1, -0.05) is 42.5 Å². The summed E-state index contributed by atoms with van der Waals surface area (Å²) >= 11 is 0. The van der Waals surface area contributed by atoms with Crippen LogP contribution < -0.4 is 14.5 Å². The lowest BCUT2D eigenvalue weighted by Gasteiger charge is -2.31. The molecule has 0 saturated carbocycles. The minimum Gasteiger partial charge on any atom is -0.454 e. The van der Waals surface area contributed by atoms with Gasteiger partial charge in [-0.2, -0.15) is 0 Å². The van der Waals surface area contributed by atoms with Gasteiger partial charge >= 0.3 is 0 Å². The van der Waals surface area contributed by atoms with Gasteiger partial charge in [0, 0.05) is 55.0 Å². The number of halogens is 1. The third-order valence-electron chi connectivity index (χ3n) is 9.76. The van der Waals surface area contributed by atoms with E-state index in [0.717, 1.165) is 0 Å². The first kappa shape index (κ1) is 31.9. The number of aromatic nitrogens is 3. The number of carbonyl (C=O) groups is 2. The third kappa shape index (κ3) is 5.06. The fourth-order valence-electron chi connectivity index (χ4n) is 7.76. The number of hydrogen-bond donors (Lipinski definition) is 1. The lowest BCUT2D eigenvalue weighted by molar-refractivity contribution is -0.145. The van der Waals surface area contributed by atoms with Gasteiger partial charge in [-0.25, -0.2) is 0 Å². The summed E-state index contributed by atoms with van der Waals surface area (Å²) in [4.78, 5) is 32.1. The van der Waals surface area contributed by atoms with Gasteiger partial charge in [-0.3, -0.25) is 19.2 Å². The number of aliphatic hydroxyl groups excluding tert-OH is 1. The molecule has 0 radical (unpaired) electrons. The summed E-state index contributed by atoms with van der Waals surface area (Å²) in [5, 5.41) is 17.6. The Bertz CT molecular complexity index is 1910. The molecule has 1 N–H and O–H groups in total. The first-order valence-electron chi connectivity index (χ1n) is 16.2. The molecule has 1 saturated heterocycles. The molecule has 48 heavy (non-hydrogen) atoms. The number of ether oxygens (including phenoxy) is 2. The van der Waals surface area contributed by atoms with Gasteiger partial charge in [0.25, 0.3) is 11.8 Å². The molecule has 2 amide bonds. The maximum absolute atomic E-state index is 16.4. The second-order valence-electron chi connectivity index (χ2n) is 13.1. The van der Waals surface area contributed by atoms with Crippen molar-refractivity contribution in [3.8, 4) is 11.5 Å². The van der Waals surface area contributed by atoms with Gasteiger partial charge in [0.1, 0.15) is 5.75 Å². The van der Waals surface area contributed by atoms with Crippen molar-refractivity contribution in [2.24, 2.45) is 5.92 Å². The van der Waals surface area contributed by atoms with Gasteiger partial charge in [0.2, 0.25) is 8.41 Å². The van der Waals surface area contributed by atoms with Gasteiger partial charge in [-0.05, 0) is 62.0 Å². The normalized spacial score (nSPS) is 23.1. The van der Waals surface area contributed by atoms with Crippen LogP contribution in [0, 0.1) is 5.92 Å². The summed E-state index contributed by atoms with van der Waals surface area (Å²) in [6.07, 6.45) is 3.65. The van der Waals surface area contributed by atoms with Crippen LogP contribution in [0.25, 0.3) is 0 Å². The maximum Gasteiger partial charge on any atom is 0.266 e. The van der Waals surface area contributed by atoms with Crippen LogP contribution in [0.5, 0.6) is 11.5 Å². The average Bonchev–Trinajstić information content (AvgIpc) is 3.68. The molecule has 4 atom stereocenters. The minimum absolute atomic E-state index is 0.0347. The van der Waals surface area contributed by atoms with Crippen LogP contribution in [0.1, 0.15) is 35.0 Å². The maximum atomic E-state index is 16.4. The fraction of sp³-hybridized carbons (Fsp3) is 0.333. The topological polar surface area (TPSA) is 110 Å². The van der Waals surface area contributed by atoms with Crippen LogP contribution in [0.2, 0.25) is 18.6 Å². The second kappa shape index (κ2) is 12.1. The Balaban J connectivity index is 1.33. The van der Waals surface area contributed by atoms with E-state index in [2.05, 4.69) is 16.9 Å². The first-order valence-corrected chi connectivity index (χ1v) is 19.2. The van der Waals surface area contributed by atoms with Crippen molar-refractivity contribution >= 4 is 37.3 Å². The Labute approximate surface area is 279 Å². The highest BCUT2D eigenvalue weighted by molar-refractivity contribution is 6.72. The number of amides is 2. The van der Waals surface area contributed by atoms with E-state index in [-0.39, 0.29) is 25.0 Å². The molecular weight excluding hydrogens is 630 g/mol.